The molecule has 0 saturated carbocycles. The van der Waals surface area contributed by atoms with Crippen molar-refractivity contribution in [2.24, 2.45) is 0 Å². The second-order valence-electron chi connectivity index (χ2n) is 4.58. The summed E-state index contributed by atoms with van der Waals surface area (Å²) in [6.07, 6.45) is 0. The van der Waals surface area contributed by atoms with Gasteiger partial charge in [-0.05, 0) is 16.5 Å². The number of carbonyl (C=O) groups is 1. The van der Waals surface area contributed by atoms with Gasteiger partial charge in [-0.15, -0.1) is 0 Å². The molecule has 0 bridgehead atoms. The van der Waals surface area contributed by atoms with Crippen LogP contribution >= 0.6 is 0 Å². The van der Waals surface area contributed by atoms with Crippen LogP contribution in [0.1, 0.15) is 57.5 Å². The Balaban J connectivity index is 0.000000436. The van der Waals surface area contributed by atoms with Gasteiger partial charge < -0.3 is 0 Å². The van der Waals surface area contributed by atoms with Gasteiger partial charge in [0.05, 0.1) is 0 Å². The van der Waals surface area contributed by atoms with Crippen LogP contribution in [0, 0.1) is 0 Å². The Bertz CT molecular complexity index is 795. The molecule has 4 rings (SSSR count). The predicted molar refractivity (Wildman–Crippen MR) is 107 cm³/mol. The quantitative estimate of drug-likeness (QED) is 0.337. The largest absolute Gasteiger partial charge is 0.289 e. The minimum Gasteiger partial charge on any atom is -0.289 e. The van der Waals surface area contributed by atoms with Gasteiger partial charge in [0.15, 0.2) is 5.78 Å². The lowest BCUT2D eigenvalue weighted by atomic mass is 9.83. The summed E-state index contributed by atoms with van der Waals surface area (Å²) >= 11 is 0. The third-order valence-corrected chi connectivity index (χ3v) is 3.61. The number of hydrogen-bond donors (Lipinski definition) is 0. The van der Waals surface area contributed by atoms with E-state index in [0.717, 1.165) is 27.5 Å². The smallest absolute Gasteiger partial charge is 0.194 e. The van der Waals surface area contributed by atoms with Crippen molar-refractivity contribution < 1.29 is 4.79 Å². The molecule has 0 heterocycles. The Morgan fingerprint density at radius 2 is 0.958 bits per heavy atom. The van der Waals surface area contributed by atoms with Gasteiger partial charge in [-0.3, -0.25) is 4.79 Å². The van der Waals surface area contributed by atoms with Crippen molar-refractivity contribution in [3.8, 4) is 11.1 Å². The molecule has 126 valence electrons. The molecule has 3 aromatic carbocycles. The van der Waals surface area contributed by atoms with Crippen molar-refractivity contribution in [1.29, 1.82) is 0 Å². The summed E-state index contributed by atoms with van der Waals surface area (Å²) in [5, 5.41) is 2.22. The first-order valence-corrected chi connectivity index (χ1v) is 9.02. The summed E-state index contributed by atoms with van der Waals surface area (Å²) in [6, 6.07) is 20.0. The fourth-order valence-corrected chi connectivity index (χ4v) is 2.82. The van der Waals surface area contributed by atoms with Gasteiger partial charge in [-0.25, -0.2) is 0 Å². The van der Waals surface area contributed by atoms with Gasteiger partial charge in [0.2, 0.25) is 0 Å². The zero-order valence-corrected chi connectivity index (χ0v) is 15.7. The second kappa shape index (κ2) is 9.67. The molecule has 0 unspecified atom stereocenters. The van der Waals surface area contributed by atoms with Gasteiger partial charge in [0, 0.05) is 16.5 Å². The zero-order valence-electron chi connectivity index (χ0n) is 15.7. The van der Waals surface area contributed by atoms with E-state index in [1.54, 1.807) is 0 Å². The van der Waals surface area contributed by atoms with Crippen LogP contribution in [0.3, 0.4) is 0 Å². The molecular weight excluding hydrogens is 292 g/mol. The Labute approximate surface area is 146 Å². The zero-order chi connectivity index (χ0) is 18.1. The van der Waals surface area contributed by atoms with Gasteiger partial charge in [-0.1, -0.05) is 102 Å². The number of ketones is 1. The van der Waals surface area contributed by atoms with Gasteiger partial charge in [0.1, 0.15) is 0 Å². The Kier molecular flexibility index (Phi) is 7.91. The van der Waals surface area contributed by atoms with Crippen LogP contribution in [0.25, 0.3) is 21.9 Å². The highest BCUT2D eigenvalue weighted by molar-refractivity contribution is 6.25. The number of benzene rings is 3. The van der Waals surface area contributed by atoms with Crippen LogP contribution < -0.4 is 0 Å². The number of hydrogen-bond acceptors (Lipinski definition) is 1. The van der Waals surface area contributed by atoms with E-state index in [-0.39, 0.29) is 5.78 Å². The maximum Gasteiger partial charge on any atom is 0.194 e. The second-order valence-corrected chi connectivity index (χ2v) is 4.58. The Morgan fingerprint density at radius 1 is 0.500 bits per heavy atom. The Hall–Kier alpha value is -2.41. The topological polar surface area (TPSA) is 17.1 Å². The van der Waals surface area contributed by atoms with E-state index < -0.39 is 0 Å². The van der Waals surface area contributed by atoms with Crippen LogP contribution in [0.5, 0.6) is 0 Å². The van der Waals surface area contributed by atoms with E-state index >= 15 is 0 Å². The van der Waals surface area contributed by atoms with Gasteiger partial charge in [0.25, 0.3) is 0 Å². The molecule has 0 amide bonds. The fraction of sp³-hybridized carbons (Fsp3) is 0.261. The van der Waals surface area contributed by atoms with Crippen molar-refractivity contribution in [3.05, 3.63) is 71.8 Å². The molecule has 1 nitrogen and oxygen atoms in total. The molecule has 0 aliphatic heterocycles. The van der Waals surface area contributed by atoms with E-state index in [1.165, 1.54) is 5.56 Å². The maximum atomic E-state index is 12.5. The van der Waals surface area contributed by atoms with Crippen molar-refractivity contribution in [1.82, 2.24) is 0 Å². The van der Waals surface area contributed by atoms with E-state index in [2.05, 4.69) is 18.2 Å². The highest BCUT2D eigenvalue weighted by Gasteiger charge is 2.23. The summed E-state index contributed by atoms with van der Waals surface area (Å²) < 4.78 is 0. The Morgan fingerprint density at radius 3 is 1.54 bits per heavy atom. The van der Waals surface area contributed by atoms with Gasteiger partial charge in [-0.2, -0.15) is 0 Å². The molecule has 1 heteroatoms. The van der Waals surface area contributed by atoms with Crippen LogP contribution in [0.4, 0.5) is 0 Å². The highest BCUT2D eigenvalue weighted by Crippen LogP contribution is 2.38. The van der Waals surface area contributed by atoms with Crippen LogP contribution in [0.2, 0.25) is 0 Å². The average Bonchev–Trinajstić information content (AvgIpc) is 2.70. The molecule has 1 aliphatic carbocycles. The first-order chi connectivity index (χ1) is 11.9. The lowest BCUT2D eigenvalue weighted by Gasteiger charge is -2.19. The van der Waals surface area contributed by atoms with Crippen LogP contribution in [-0.4, -0.2) is 5.78 Å². The summed E-state index contributed by atoms with van der Waals surface area (Å²) in [7, 11) is 0. The SMILES string of the molecule is CC.CC.CC.O=C1c2ccccc2-c2cccc3cccc1c23. The molecule has 0 spiro atoms. The molecule has 0 saturated heterocycles. The maximum absolute atomic E-state index is 12.5. The number of rotatable bonds is 0. The lowest BCUT2D eigenvalue weighted by Crippen LogP contribution is -2.09. The first kappa shape index (κ1) is 19.6. The standard InChI is InChI=1S/C17H10O.3C2H6/c18-17-14-8-2-1-7-12(14)13-9-3-5-11-6-4-10-15(17)16(11)13;3*1-2/h1-10H;3*1-2H3. The van der Waals surface area contributed by atoms with E-state index in [1.807, 2.05) is 84.0 Å². The minimum absolute atomic E-state index is 0.134. The highest BCUT2D eigenvalue weighted by atomic mass is 16.1. The molecule has 1 aliphatic rings. The predicted octanol–water partition coefficient (Wildman–Crippen LogP) is 7.13. The van der Waals surface area contributed by atoms with E-state index in [4.69, 9.17) is 0 Å². The van der Waals surface area contributed by atoms with E-state index in [0.29, 0.717) is 0 Å². The summed E-state index contributed by atoms with van der Waals surface area (Å²) in [5.74, 6) is 0.134. The van der Waals surface area contributed by atoms with Crippen molar-refractivity contribution in [3.63, 3.8) is 0 Å². The summed E-state index contributed by atoms with van der Waals surface area (Å²) in [5.41, 5.74) is 3.84. The third kappa shape index (κ3) is 3.41. The molecule has 0 radical (unpaired) electrons. The normalized spacial score (nSPS) is 10.2. The molecular formula is C23H28O. The number of fused-ring (bicyclic) bond motifs is 2. The summed E-state index contributed by atoms with van der Waals surface area (Å²) in [6.45, 7) is 12.0. The minimum atomic E-state index is 0.134. The summed E-state index contributed by atoms with van der Waals surface area (Å²) in [4.78, 5) is 12.5. The lowest BCUT2D eigenvalue weighted by molar-refractivity contribution is 0.104. The third-order valence-electron chi connectivity index (χ3n) is 3.61. The molecule has 24 heavy (non-hydrogen) atoms. The first-order valence-electron chi connectivity index (χ1n) is 9.02. The molecule has 0 aromatic heterocycles. The van der Waals surface area contributed by atoms with Crippen molar-refractivity contribution in [2.75, 3.05) is 0 Å². The van der Waals surface area contributed by atoms with Crippen molar-refractivity contribution in [2.45, 2.75) is 41.5 Å². The van der Waals surface area contributed by atoms with Gasteiger partial charge >= 0.3 is 0 Å². The molecule has 0 N–H and O–H groups in total. The number of carbonyl (C=O) groups excluding carboxylic acids is 1. The monoisotopic (exact) mass is 320 g/mol. The molecule has 0 fully saturated rings. The molecule has 3 aromatic rings. The van der Waals surface area contributed by atoms with E-state index in [9.17, 15) is 4.79 Å². The van der Waals surface area contributed by atoms with Crippen LogP contribution in [-0.2, 0) is 0 Å². The molecule has 0 atom stereocenters. The fourth-order valence-electron chi connectivity index (χ4n) is 2.82. The average molecular weight is 320 g/mol. The van der Waals surface area contributed by atoms with Crippen molar-refractivity contribution >= 4 is 16.6 Å². The van der Waals surface area contributed by atoms with Crippen LogP contribution in [0.15, 0.2) is 60.7 Å².